The van der Waals surface area contributed by atoms with Crippen molar-refractivity contribution >= 4 is 25.8 Å². The molecule has 0 atom stereocenters. The summed E-state index contributed by atoms with van der Waals surface area (Å²) in [5.74, 6) is 0. The minimum absolute atomic E-state index is 0. The van der Waals surface area contributed by atoms with E-state index in [0.29, 0.717) is 0 Å². The molecule has 0 heterocycles. The second kappa shape index (κ2) is 3.06. The third-order valence-corrected chi connectivity index (χ3v) is 0. The van der Waals surface area contributed by atoms with Crippen molar-refractivity contribution < 1.29 is 28.9 Å². The molecule has 0 aliphatic carbocycles. The van der Waals surface area contributed by atoms with Gasteiger partial charge in [-0.15, -0.1) is 0 Å². The molecule has 0 aromatic rings. The molecule has 0 unspecified atom stereocenters. The first-order chi connectivity index (χ1) is 2.00. The maximum Gasteiger partial charge on any atom is 3.00 e. The van der Waals surface area contributed by atoms with Gasteiger partial charge in [0.2, 0.25) is 0 Å². The molecule has 0 rings (SSSR count). The van der Waals surface area contributed by atoms with Gasteiger partial charge in [-0.25, -0.2) is 0 Å². The van der Waals surface area contributed by atoms with Crippen molar-refractivity contribution in [1.82, 2.24) is 0 Å². The van der Waals surface area contributed by atoms with Crippen LogP contribution in [0, 0.1) is 10.2 Å². The Bertz CT molecular complexity index is 23.0. The van der Waals surface area contributed by atoms with Gasteiger partial charge in [0, 0.05) is 0 Å². The zero-order chi connectivity index (χ0) is 4.50. The van der Waals surface area contributed by atoms with E-state index in [0.717, 1.165) is 0 Å². The molecule has 1 N–H and O–H groups in total. The molecule has 0 bridgehead atoms. The van der Waals surface area contributed by atoms with Crippen LogP contribution < -0.4 is 14.0 Å². The van der Waals surface area contributed by atoms with Gasteiger partial charge in [0.25, 0.3) is 0 Å². The van der Waals surface area contributed by atoms with Gasteiger partial charge in [-0.1, -0.05) is 0 Å². The summed E-state index contributed by atoms with van der Waals surface area (Å²) in [6, 6.07) is 0. The molecule has 4 nitrogen and oxygen atoms in total. The van der Waals surface area contributed by atoms with Crippen LogP contribution in [0.15, 0.2) is 0 Å². The van der Waals surface area contributed by atoms with Gasteiger partial charge in [-0.2, -0.15) is 14.0 Å². The fraction of sp³-hybridized carbons (Fsp3) is 0. The summed E-state index contributed by atoms with van der Waals surface area (Å²) in [7, 11) is -4.69. The summed E-state index contributed by atoms with van der Waals surface area (Å²) in [4.78, 5) is 0. The van der Waals surface area contributed by atoms with Crippen LogP contribution in [0.3, 0.4) is 0 Å². The van der Waals surface area contributed by atoms with Crippen LogP contribution in [0.5, 0.6) is 0 Å². The molecule has 0 saturated heterocycles. The molecule has 0 fully saturated rings. The molecule has 6 heavy (non-hydrogen) atoms. The first kappa shape index (κ1) is 10.1. The van der Waals surface area contributed by atoms with E-state index in [2.05, 4.69) is 0 Å². The van der Waals surface area contributed by atoms with Crippen LogP contribution in [0.25, 0.3) is 0 Å². The standard InChI is InChI=1S/ClHO4.In/c2-1(3,4)5;/h(H,2,3,4,5);/q;+3. The molecular weight excluding hydrogens is 214 g/mol. The molecule has 0 aliphatic rings. The normalized spacial score (nSPS) is 10.0. The third-order valence-electron chi connectivity index (χ3n) is 0. The molecular formula is HClInO4+3. The summed E-state index contributed by atoms with van der Waals surface area (Å²) >= 11 is 0. The Balaban J connectivity index is 0. The number of hydrogen-bond acceptors (Lipinski definition) is 4. The van der Waals surface area contributed by atoms with Crippen molar-refractivity contribution in [2.24, 2.45) is 0 Å². The summed E-state index contributed by atoms with van der Waals surface area (Å²) in [5.41, 5.74) is 0. The van der Waals surface area contributed by atoms with Crippen LogP contribution in [0.1, 0.15) is 0 Å². The Kier molecular flexibility index (Phi) is 5.14. The van der Waals surface area contributed by atoms with Gasteiger partial charge in [0.1, 0.15) is 0 Å². The van der Waals surface area contributed by atoms with Gasteiger partial charge < -0.3 is 0 Å². The average molecular weight is 215 g/mol. The first-order valence-corrected chi connectivity index (χ1v) is 1.90. The molecule has 6 heteroatoms. The molecule has 0 radical (unpaired) electrons. The van der Waals surface area contributed by atoms with E-state index < -0.39 is 10.2 Å². The largest absolute Gasteiger partial charge is 3.00 e. The average Bonchev–Trinajstić information content (AvgIpc) is 0.722. The van der Waals surface area contributed by atoms with Crippen molar-refractivity contribution in [2.45, 2.75) is 0 Å². The van der Waals surface area contributed by atoms with E-state index in [9.17, 15) is 0 Å². The second-order valence-corrected chi connectivity index (χ2v) is 1.19. The Hall–Kier alpha value is 1.00. The van der Waals surface area contributed by atoms with Crippen molar-refractivity contribution in [3.8, 4) is 0 Å². The smallest absolute Gasteiger partial charge is 0.183 e. The molecule has 0 amide bonds. The van der Waals surface area contributed by atoms with E-state index >= 15 is 0 Å². The topological polar surface area (TPSA) is 89.4 Å². The number of halogens is 1. The van der Waals surface area contributed by atoms with E-state index in [1.54, 1.807) is 0 Å². The monoisotopic (exact) mass is 215 g/mol. The van der Waals surface area contributed by atoms with Crippen molar-refractivity contribution in [3.05, 3.63) is 0 Å². The summed E-state index contributed by atoms with van der Waals surface area (Å²) < 4.78 is 32.7. The summed E-state index contributed by atoms with van der Waals surface area (Å²) in [5, 5.41) is 0. The van der Waals surface area contributed by atoms with E-state index in [1.165, 1.54) is 0 Å². The van der Waals surface area contributed by atoms with Gasteiger partial charge >= 0.3 is 25.8 Å². The van der Waals surface area contributed by atoms with Crippen LogP contribution in [-0.2, 0) is 0 Å². The molecule has 32 valence electrons. The maximum absolute atomic E-state index is 8.60. The molecule has 0 aromatic heterocycles. The Labute approximate surface area is 54.9 Å². The van der Waals surface area contributed by atoms with Gasteiger partial charge in [0.15, 0.2) is 0 Å². The molecule has 0 saturated carbocycles. The summed E-state index contributed by atoms with van der Waals surface area (Å²) in [6.07, 6.45) is 0. The number of rotatable bonds is 0. The zero-order valence-electron chi connectivity index (χ0n) is 2.63. The molecule has 0 aliphatic heterocycles. The van der Waals surface area contributed by atoms with E-state index in [-0.39, 0.29) is 25.8 Å². The first-order valence-electron chi connectivity index (χ1n) is 0.632. The van der Waals surface area contributed by atoms with Gasteiger partial charge in [-0.3, -0.25) is 0 Å². The van der Waals surface area contributed by atoms with Gasteiger partial charge in [-0.05, 0) is 0 Å². The zero-order valence-corrected chi connectivity index (χ0v) is 6.68. The van der Waals surface area contributed by atoms with Crippen molar-refractivity contribution in [3.63, 3.8) is 0 Å². The number of hydrogen-bond donors (Lipinski definition) is 1. The fourth-order valence-electron chi connectivity index (χ4n) is 0. The predicted molar refractivity (Wildman–Crippen MR) is 7.97 cm³/mol. The quantitative estimate of drug-likeness (QED) is 0.441. The Morgan fingerprint density at radius 1 is 1.17 bits per heavy atom. The SMILES string of the molecule is [In+3].[O-][Cl+3]([O-])([O-])O. The molecule has 0 aromatic carbocycles. The van der Waals surface area contributed by atoms with Crippen LogP contribution >= 0.6 is 0 Å². The van der Waals surface area contributed by atoms with E-state index in [4.69, 9.17) is 18.6 Å². The second-order valence-electron chi connectivity index (χ2n) is 0.396. The Morgan fingerprint density at radius 3 is 1.17 bits per heavy atom. The van der Waals surface area contributed by atoms with Crippen LogP contribution in [0.4, 0.5) is 0 Å². The third kappa shape index (κ3) is 80.0. The van der Waals surface area contributed by atoms with Crippen molar-refractivity contribution in [2.75, 3.05) is 0 Å². The minimum Gasteiger partial charge on any atom is -0.183 e. The fourth-order valence-corrected chi connectivity index (χ4v) is 0. The summed E-state index contributed by atoms with van der Waals surface area (Å²) in [6.45, 7) is 0. The van der Waals surface area contributed by atoms with Crippen molar-refractivity contribution in [1.29, 1.82) is 0 Å². The minimum atomic E-state index is -4.69. The molecule has 0 spiro atoms. The van der Waals surface area contributed by atoms with E-state index in [1.807, 2.05) is 0 Å². The predicted octanol–water partition coefficient (Wildman–Crippen LogP) is -4.50. The van der Waals surface area contributed by atoms with Crippen LogP contribution in [-0.4, -0.2) is 30.5 Å². The van der Waals surface area contributed by atoms with Crippen LogP contribution in [0.2, 0.25) is 0 Å². The van der Waals surface area contributed by atoms with Gasteiger partial charge in [0.05, 0.1) is 14.9 Å². The Morgan fingerprint density at radius 2 is 1.17 bits per heavy atom. The maximum atomic E-state index is 8.60.